The highest BCUT2D eigenvalue weighted by molar-refractivity contribution is 5.23. The maximum absolute atomic E-state index is 4.66. The Morgan fingerprint density at radius 2 is 1.50 bits per heavy atom. The van der Waals surface area contributed by atoms with Gasteiger partial charge in [0.2, 0.25) is 0 Å². The molecule has 0 heterocycles. The van der Waals surface area contributed by atoms with E-state index < -0.39 is 0 Å². The zero-order valence-electron chi connectivity index (χ0n) is 12.6. The van der Waals surface area contributed by atoms with E-state index in [9.17, 15) is 0 Å². The summed E-state index contributed by atoms with van der Waals surface area (Å²) in [4.78, 5) is 0. The highest BCUT2D eigenvalue weighted by Gasteiger charge is 2.28. The number of azo groups is 1. The normalized spacial score (nSPS) is 16.2. The number of hydrogen-bond donors (Lipinski definition) is 0. The van der Waals surface area contributed by atoms with Crippen LogP contribution in [0.2, 0.25) is 0 Å². The molecule has 100 valence electrons. The summed E-state index contributed by atoms with van der Waals surface area (Å²) in [5.74, 6) is 0.592. The van der Waals surface area contributed by atoms with Crippen LogP contribution in [0, 0.1) is 5.92 Å². The van der Waals surface area contributed by atoms with Crippen molar-refractivity contribution in [3.8, 4) is 0 Å². The van der Waals surface area contributed by atoms with Gasteiger partial charge in [0, 0.05) is 0 Å². The van der Waals surface area contributed by atoms with Crippen LogP contribution < -0.4 is 0 Å². The lowest BCUT2D eigenvalue weighted by atomic mass is 9.85. The van der Waals surface area contributed by atoms with Crippen molar-refractivity contribution in [2.45, 2.75) is 59.0 Å². The molecule has 1 atom stereocenters. The molecule has 0 amide bonds. The number of rotatable bonds is 4. The van der Waals surface area contributed by atoms with E-state index >= 15 is 0 Å². The lowest BCUT2D eigenvalue weighted by molar-refractivity contribution is 0.348. The minimum Gasteiger partial charge on any atom is -0.187 e. The zero-order chi connectivity index (χ0) is 13.8. The van der Waals surface area contributed by atoms with Crippen LogP contribution >= 0.6 is 0 Å². The molecule has 0 aromatic heterocycles. The summed E-state index contributed by atoms with van der Waals surface area (Å²) in [6.45, 7) is 12.9. The Kier molecular flexibility index (Phi) is 4.66. The molecular weight excluding hydrogens is 220 g/mol. The number of hydrogen-bond acceptors (Lipinski definition) is 2. The maximum Gasteiger partial charge on any atom is 0.104 e. The molecule has 1 aromatic carbocycles. The molecular formula is C16H26N2. The van der Waals surface area contributed by atoms with E-state index in [1.54, 1.807) is 0 Å². The van der Waals surface area contributed by atoms with Gasteiger partial charge in [-0.25, -0.2) is 0 Å². The van der Waals surface area contributed by atoms with Gasteiger partial charge < -0.3 is 0 Å². The average Bonchev–Trinajstić information content (AvgIpc) is 2.26. The van der Waals surface area contributed by atoms with Gasteiger partial charge in [0.1, 0.15) is 5.54 Å². The summed E-state index contributed by atoms with van der Waals surface area (Å²) in [5.41, 5.74) is 0.905. The second-order valence-electron chi connectivity index (χ2n) is 6.61. The van der Waals surface area contributed by atoms with Gasteiger partial charge in [-0.2, -0.15) is 10.2 Å². The van der Waals surface area contributed by atoms with E-state index in [0.717, 1.165) is 6.42 Å². The molecule has 0 aliphatic rings. The molecule has 0 radical (unpaired) electrons. The molecule has 2 heteroatoms. The molecule has 0 N–H and O–H groups in total. The van der Waals surface area contributed by atoms with Crippen molar-refractivity contribution in [2.75, 3.05) is 0 Å². The fourth-order valence-corrected chi connectivity index (χ4v) is 2.07. The van der Waals surface area contributed by atoms with Gasteiger partial charge in [-0.3, -0.25) is 0 Å². The van der Waals surface area contributed by atoms with E-state index in [2.05, 4.69) is 76.0 Å². The standard InChI is InChI=1S/C16H26N2/c1-13(2)12-16(6,18-17-15(3,4)5)14-10-8-7-9-11-14/h7-11,13H,12H2,1-6H3. The average molecular weight is 246 g/mol. The van der Waals surface area contributed by atoms with Crippen LogP contribution in [0.4, 0.5) is 0 Å². The van der Waals surface area contributed by atoms with Gasteiger partial charge in [0.15, 0.2) is 0 Å². The molecule has 0 spiro atoms. The topological polar surface area (TPSA) is 24.7 Å². The van der Waals surface area contributed by atoms with E-state index in [-0.39, 0.29) is 11.1 Å². The second-order valence-corrected chi connectivity index (χ2v) is 6.61. The van der Waals surface area contributed by atoms with Crippen LogP contribution in [0.15, 0.2) is 40.6 Å². The van der Waals surface area contributed by atoms with Crippen LogP contribution in [0.5, 0.6) is 0 Å². The summed E-state index contributed by atoms with van der Waals surface area (Å²) in [5, 5.41) is 9.15. The molecule has 1 aromatic rings. The largest absolute Gasteiger partial charge is 0.187 e. The smallest absolute Gasteiger partial charge is 0.104 e. The SMILES string of the molecule is CC(C)CC(C)(N=NC(C)(C)C)c1ccccc1. The number of benzene rings is 1. The predicted molar refractivity (Wildman–Crippen MR) is 77.9 cm³/mol. The third kappa shape index (κ3) is 4.59. The van der Waals surface area contributed by atoms with Crippen LogP contribution in [-0.4, -0.2) is 5.54 Å². The zero-order valence-corrected chi connectivity index (χ0v) is 12.6. The van der Waals surface area contributed by atoms with Gasteiger partial charge in [-0.1, -0.05) is 44.2 Å². The summed E-state index contributed by atoms with van der Waals surface area (Å²) >= 11 is 0. The Labute approximate surface area is 112 Å². The molecule has 18 heavy (non-hydrogen) atoms. The van der Waals surface area contributed by atoms with Crippen LogP contribution in [0.25, 0.3) is 0 Å². The Morgan fingerprint density at radius 1 is 0.944 bits per heavy atom. The molecule has 1 unspecified atom stereocenters. The first-order chi connectivity index (χ1) is 8.23. The van der Waals surface area contributed by atoms with Crippen molar-refractivity contribution in [1.82, 2.24) is 0 Å². The van der Waals surface area contributed by atoms with Gasteiger partial charge in [0.05, 0.1) is 5.54 Å². The Bertz CT molecular complexity index is 387. The fraction of sp³-hybridized carbons (Fsp3) is 0.625. The fourth-order valence-electron chi connectivity index (χ4n) is 2.07. The lowest BCUT2D eigenvalue weighted by Gasteiger charge is -2.27. The minimum absolute atomic E-state index is 0.118. The predicted octanol–water partition coefficient (Wildman–Crippen LogP) is 5.20. The van der Waals surface area contributed by atoms with E-state index in [1.165, 1.54) is 5.56 Å². The maximum atomic E-state index is 4.66. The van der Waals surface area contributed by atoms with Crippen LogP contribution in [0.3, 0.4) is 0 Å². The molecule has 2 nitrogen and oxygen atoms in total. The Morgan fingerprint density at radius 3 is 1.94 bits per heavy atom. The van der Waals surface area contributed by atoms with Gasteiger partial charge >= 0.3 is 0 Å². The highest BCUT2D eigenvalue weighted by atomic mass is 15.2. The van der Waals surface area contributed by atoms with Crippen molar-refractivity contribution in [1.29, 1.82) is 0 Å². The molecule has 0 aliphatic heterocycles. The third-order valence-electron chi connectivity index (χ3n) is 2.77. The molecule has 0 saturated carbocycles. The van der Waals surface area contributed by atoms with Crippen molar-refractivity contribution < 1.29 is 0 Å². The monoisotopic (exact) mass is 246 g/mol. The Hall–Kier alpha value is -1.18. The van der Waals surface area contributed by atoms with Crippen molar-refractivity contribution in [3.63, 3.8) is 0 Å². The van der Waals surface area contributed by atoms with Crippen molar-refractivity contribution in [3.05, 3.63) is 35.9 Å². The Balaban J connectivity index is 3.07. The molecule has 0 fully saturated rings. The molecule has 0 saturated heterocycles. The summed E-state index contributed by atoms with van der Waals surface area (Å²) in [6.07, 6.45) is 1.01. The first-order valence-electron chi connectivity index (χ1n) is 6.72. The van der Waals surface area contributed by atoms with Gasteiger partial charge in [0.25, 0.3) is 0 Å². The quantitative estimate of drug-likeness (QED) is 0.652. The van der Waals surface area contributed by atoms with Crippen LogP contribution in [-0.2, 0) is 5.54 Å². The van der Waals surface area contributed by atoms with Crippen molar-refractivity contribution >= 4 is 0 Å². The number of nitrogens with zero attached hydrogens (tertiary/aromatic N) is 2. The first kappa shape index (κ1) is 14.9. The summed E-state index contributed by atoms with van der Waals surface area (Å²) in [6, 6.07) is 10.5. The minimum atomic E-state index is -0.220. The van der Waals surface area contributed by atoms with E-state index in [0.29, 0.717) is 5.92 Å². The van der Waals surface area contributed by atoms with E-state index in [4.69, 9.17) is 0 Å². The lowest BCUT2D eigenvalue weighted by Crippen LogP contribution is -2.22. The highest BCUT2D eigenvalue weighted by Crippen LogP contribution is 2.33. The van der Waals surface area contributed by atoms with E-state index in [1.807, 2.05) is 6.07 Å². The van der Waals surface area contributed by atoms with Crippen LogP contribution in [0.1, 0.15) is 53.5 Å². The molecule has 0 aliphatic carbocycles. The molecule has 0 bridgehead atoms. The second kappa shape index (κ2) is 5.64. The first-order valence-corrected chi connectivity index (χ1v) is 6.72. The summed E-state index contributed by atoms with van der Waals surface area (Å²) < 4.78 is 0. The van der Waals surface area contributed by atoms with Gasteiger partial charge in [-0.15, -0.1) is 0 Å². The third-order valence-corrected chi connectivity index (χ3v) is 2.77. The molecule has 1 rings (SSSR count). The van der Waals surface area contributed by atoms with Crippen molar-refractivity contribution in [2.24, 2.45) is 16.1 Å². The van der Waals surface area contributed by atoms with Gasteiger partial charge in [-0.05, 0) is 45.6 Å². The summed E-state index contributed by atoms with van der Waals surface area (Å²) in [7, 11) is 0.